The van der Waals surface area contributed by atoms with Crippen LogP contribution in [0.15, 0.2) is 6.07 Å². The molecule has 2 N–H and O–H groups in total. The third-order valence-electron chi connectivity index (χ3n) is 6.27. The Bertz CT molecular complexity index is 838. The molecular formula is C22H35N3O3S. The fourth-order valence-corrected chi connectivity index (χ4v) is 5.63. The first-order valence-electron chi connectivity index (χ1n) is 10.8. The topological polar surface area (TPSA) is 78.5 Å². The second-order valence-electron chi connectivity index (χ2n) is 9.03. The Balaban J connectivity index is 1.73. The molecule has 0 saturated heterocycles. The average Bonchev–Trinajstić information content (AvgIpc) is 3.26. The van der Waals surface area contributed by atoms with Gasteiger partial charge in [-0.05, 0) is 95.4 Å². The molecule has 3 rings (SSSR count). The summed E-state index contributed by atoms with van der Waals surface area (Å²) < 4.78 is 27.8. The lowest BCUT2D eigenvalue weighted by Crippen LogP contribution is -2.48. The molecule has 0 saturated carbocycles. The van der Waals surface area contributed by atoms with Gasteiger partial charge in [0.1, 0.15) is 0 Å². The van der Waals surface area contributed by atoms with Crippen LogP contribution in [0, 0.1) is 0 Å². The zero-order valence-corrected chi connectivity index (χ0v) is 19.2. The van der Waals surface area contributed by atoms with Crippen LogP contribution in [0.5, 0.6) is 0 Å². The summed E-state index contributed by atoms with van der Waals surface area (Å²) >= 11 is 0. The molecule has 0 heterocycles. The van der Waals surface area contributed by atoms with E-state index in [-0.39, 0.29) is 12.1 Å². The van der Waals surface area contributed by atoms with Crippen molar-refractivity contribution in [2.75, 3.05) is 11.9 Å². The summed E-state index contributed by atoms with van der Waals surface area (Å²) in [5, 5.41) is 2.22. The number of rotatable bonds is 7. The minimum Gasteiger partial charge on any atom is -0.307 e. The number of aryl methyl sites for hydroxylation is 2. The van der Waals surface area contributed by atoms with Gasteiger partial charge in [0.05, 0.1) is 5.25 Å². The molecule has 1 atom stereocenters. The third kappa shape index (κ3) is 4.77. The number of anilines is 1. The average molecular weight is 422 g/mol. The Morgan fingerprint density at radius 1 is 0.966 bits per heavy atom. The number of fused-ring (bicyclic) bond motifs is 2. The van der Waals surface area contributed by atoms with E-state index in [9.17, 15) is 13.2 Å². The zero-order valence-electron chi connectivity index (χ0n) is 18.3. The number of amides is 2. The maximum Gasteiger partial charge on any atom is 0.332 e. The standard InChI is InChI=1S/C22H35N3O3S/c1-14(2)25(15(3)4)13-16(5)29(27,28)24-22(26)23-21-19-10-6-8-17(19)12-18-9-7-11-20(18)21/h12,14-16H,6-11,13H2,1-5H3,(H2,23,24,26). The Hall–Kier alpha value is -1.60. The fraction of sp³-hybridized carbons (Fsp3) is 0.682. The smallest absolute Gasteiger partial charge is 0.307 e. The number of benzene rings is 1. The number of carbonyl (C=O) groups is 1. The van der Waals surface area contributed by atoms with E-state index >= 15 is 0 Å². The lowest BCUT2D eigenvalue weighted by atomic mass is 9.99. The summed E-state index contributed by atoms with van der Waals surface area (Å²) in [6.45, 7) is 10.2. The van der Waals surface area contributed by atoms with Gasteiger partial charge in [0.15, 0.2) is 0 Å². The van der Waals surface area contributed by atoms with Gasteiger partial charge in [-0.2, -0.15) is 0 Å². The molecule has 1 unspecified atom stereocenters. The number of sulfonamides is 1. The molecule has 0 fully saturated rings. The van der Waals surface area contributed by atoms with Crippen LogP contribution < -0.4 is 10.0 Å². The van der Waals surface area contributed by atoms with Gasteiger partial charge in [0.25, 0.3) is 0 Å². The zero-order chi connectivity index (χ0) is 21.3. The Morgan fingerprint density at radius 2 is 1.48 bits per heavy atom. The minimum atomic E-state index is -3.77. The predicted molar refractivity (Wildman–Crippen MR) is 118 cm³/mol. The van der Waals surface area contributed by atoms with Gasteiger partial charge in [0.2, 0.25) is 10.0 Å². The lowest BCUT2D eigenvalue weighted by molar-refractivity contribution is 0.176. The molecule has 29 heavy (non-hydrogen) atoms. The first-order chi connectivity index (χ1) is 13.6. The molecule has 162 valence electrons. The second kappa shape index (κ2) is 8.64. The predicted octanol–water partition coefficient (Wildman–Crippen LogP) is 3.62. The van der Waals surface area contributed by atoms with Crippen LogP contribution in [0.4, 0.5) is 10.5 Å². The summed E-state index contributed by atoms with van der Waals surface area (Å²) in [5.74, 6) is 0. The van der Waals surface area contributed by atoms with Crippen molar-refractivity contribution < 1.29 is 13.2 Å². The van der Waals surface area contributed by atoms with E-state index in [1.807, 2.05) is 0 Å². The third-order valence-corrected chi connectivity index (χ3v) is 7.95. The number of hydrogen-bond acceptors (Lipinski definition) is 4. The summed E-state index contributed by atoms with van der Waals surface area (Å²) in [6, 6.07) is 2.11. The Labute approximate surface area is 175 Å². The van der Waals surface area contributed by atoms with Gasteiger partial charge >= 0.3 is 6.03 Å². The van der Waals surface area contributed by atoms with Gasteiger partial charge in [0, 0.05) is 24.3 Å². The first kappa shape index (κ1) is 22.1. The summed E-state index contributed by atoms with van der Waals surface area (Å²) in [6.07, 6.45) is 6.13. The van der Waals surface area contributed by atoms with E-state index in [1.165, 1.54) is 22.3 Å². The van der Waals surface area contributed by atoms with Crippen LogP contribution in [0.2, 0.25) is 0 Å². The van der Waals surface area contributed by atoms with Crippen molar-refractivity contribution in [2.45, 2.75) is 90.5 Å². The van der Waals surface area contributed by atoms with Crippen molar-refractivity contribution in [1.29, 1.82) is 0 Å². The Kier molecular flexibility index (Phi) is 6.58. The summed E-state index contributed by atoms with van der Waals surface area (Å²) in [7, 11) is -3.77. The van der Waals surface area contributed by atoms with Crippen molar-refractivity contribution in [3.8, 4) is 0 Å². The highest BCUT2D eigenvalue weighted by atomic mass is 32.2. The normalized spacial score (nSPS) is 17.0. The number of nitrogens with zero attached hydrogens (tertiary/aromatic N) is 1. The molecule has 0 aromatic heterocycles. The van der Waals surface area contributed by atoms with Crippen molar-refractivity contribution in [3.63, 3.8) is 0 Å². The highest BCUT2D eigenvalue weighted by Crippen LogP contribution is 2.38. The van der Waals surface area contributed by atoms with Crippen molar-refractivity contribution >= 4 is 21.7 Å². The molecule has 2 amide bonds. The quantitative estimate of drug-likeness (QED) is 0.705. The molecule has 1 aromatic carbocycles. The second-order valence-corrected chi connectivity index (χ2v) is 11.1. The van der Waals surface area contributed by atoms with Gasteiger partial charge < -0.3 is 5.32 Å². The van der Waals surface area contributed by atoms with Crippen molar-refractivity contribution in [1.82, 2.24) is 9.62 Å². The maximum absolute atomic E-state index is 12.8. The fourth-order valence-electron chi connectivity index (χ4n) is 4.75. The maximum atomic E-state index is 12.8. The Morgan fingerprint density at radius 3 is 1.97 bits per heavy atom. The van der Waals surface area contributed by atoms with E-state index in [4.69, 9.17) is 0 Å². The van der Waals surface area contributed by atoms with Crippen LogP contribution >= 0.6 is 0 Å². The van der Waals surface area contributed by atoms with Gasteiger partial charge in [-0.1, -0.05) is 6.07 Å². The number of urea groups is 1. The summed E-state index contributed by atoms with van der Waals surface area (Å²) in [5.41, 5.74) is 5.86. The van der Waals surface area contributed by atoms with E-state index in [0.29, 0.717) is 6.54 Å². The molecule has 2 aliphatic carbocycles. The van der Waals surface area contributed by atoms with Gasteiger partial charge in [-0.3, -0.25) is 4.90 Å². The molecule has 0 radical (unpaired) electrons. The highest BCUT2D eigenvalue weighted by Gasteiger charge is 2.29. The van der Waals surface area contributed by atoms with Crippen LogP contribution in [0.3, 0.4) is 0 Å². The van der Waals surface area contributed by atoms with Crippen molar-refractivity contribution in [3.05, 3.63) is 28.3 Å². The van der Waals surface area contributed by atoms with E-state index in [0.717, 1.165) is 44.2 Å². The number of hydrogen-bond donors (Lipinski definition) is 2. The molecule has 7 heteroatoms. The van der Waals surface area contributed by atoms with Crippen LogP contribution in [-0.4, -0.2) is 43.2 Å². The summed E-state index contributed by atoms with van der Waals surface area (Å²) in [4.78, 5) is 14.8. The first-order valence-corrected chi connectivity index (χ1v) is 12.4. The minimum absolute atomic E-state index is 0.232. The SMILES string of the molecule is CC(C)N(CC(C)S(=O)(=O)NC(=O)Nc1c2c(cc3c1CCC3)CCC2)C(C)C. The molecular weight excluding hydrogens is 386 g/mol. The monoisotopic (exact) mass is 421 g/mol. The molecule has 0 bridgehead atoms. The molecule has 0 aliphatic heterocycles. The van der Waals surface area contributed by atoms with E-state index in [2.05, 4.69) is 48.7 Å². The molecule has 6 nitrogen and oxygen atoms in total. The molecule has 1 aromatic rings. The highest BCUT2D eigenvalue weighted by molar-refractivity contribution is 7.90. The van der Waals surface area contributed by atoms with Gasteiger partial charge in [-0.15, -0.1) is 0 Å². The number of carbonyl (C=O) groups excluding carboxylic acids is 1. The molecule has 2 aliphatic rings. The molecule has 0 spiro atoms. The van der Waals surface area contributed by atoms with Crippen LogP contribution in [0.1, 0.15) is 69.7 Å². The van der Waals surface area contributed by atoms with Gasteiger partial charge in [-0.25, -0.2) is 17.9 Å². The van der Waals surface area contributed by atoms with E-state index in [1.54, 1.807) is 6.92 Å². The van der Waals surface area contributed by atoms with Crippen LogP contribution in [0.25, 0.3) is 0 Å². The van der Waals surface area contributed by atoms with Crippen molar-refractivity contribution in [2.24, 2.45) is 0 Å². The largest absolute Gasteiger partial charge is 0.332 e. The number of nitrogens with one attached hydrogen (secondary N) is 2. The van der Waals surface area contributed by atoms with Crippen LogP contribution in [-0.2, 0) is 35.7 Å². The van der Waals surface area contributed by atoms with E-state index < -0.39 is 21.3 Å². The lowest BCUT2D eigenvalue weighted by Gasteiger charge is -2.32.